The van der Waals surface area contributed by atoms with E-state index in [2.05, 4.69) is 34.7 Å². The molecule has 1 aliphatic heterocycles. The van der Waals surface area contributed by atoms with Gasteiger partial charge in [-0.1, -0.05) is 39.8 Å². The molecule has 3 rings (SSSR count). The van der Waals surface area contributed by atoms with Gasteiger partial charge >= 0.3 is 0 Å². The average molecular weight is 414 g/mol. The van der Waals surface area contributed by atoms with Crippen molar-refractivity contribution in [1.29, 1.82) is 0 Å². The summed E-state index contributed by atoms with van der Waals surface area (Å²) in [5.74, 6) is 0.713. The zero-order valence-corrected chi connectivity index (χ0v) is 18.7. The first-order chi connectivity index (χ1) is 14.4. The highest BCUT2D eigenvalue weighted by Crippen LogP contribution is 2.23. The molecule has 0 bridgehead atoms. The van der Waals surface area contributed by atoms with Gasteiger partial charge in [0.15, 0.2) is 0 Å². The molecule has 1 aromatic heterocycles. The number of hydrogen-bond donors (Lipinski definition) is 1. The number of nitrogens with one attached hydrogen (secondary N) is 1. The number of nitrogens with zero attached hydrogens (tertiary/aromatic N) is 4. The minimum atomic E-state index is -0.0859. The highest BCUT2D eigenvalue weighted by molar-refractivity contribution is 5.93. The molecular formula is C23H35N5O2. The van der Waals surface area contributed by atoms with E-state index in [9.17, 15) is 9.59 Å². The van der Waals surface area contributed by atoms with Crippen molar-refractivity contribution in [3.05, 3.63) is 24.3 Å². The number of aromatic nitrogens is 2. The number of likely N-dealkylation sites (N-methyl/N-ethyl adjacent to an activating group) is 1. The zero-order valence-electron chi connectivity index (χ0n) is 18.7. The van der Waals surface area contributed by atoms with Crippen LogP contribution in [0, 0.1) is 11.8 Å². The normalized spacial score (nSPS) is 15.3. The number of rotatable bonds is 8. The maximum Gasteiger partial charge on any atom is 0.229 e. The van der Waals surface area contributed by atoms with Gasteiger partial charge in [-0.05, 0) is 38.1 Å². The number of benzene rings is 1. The van der Waals surface area contributed by atoms with E-state index in [1.165, 1.54) is 0 Å². The Hall–Kier alpha value is -2.41. The summed E-state index contributed by atoms with van der Waals surface area (Å²) in [6, 6.07) is 8.01. The van der Waals surface area contributed by atoms with E-state index in [0.717, 1.165) is 37.2 Å². The summed E-state index contributed by atoms with van der Waals surface area (Å²) in [4.78, 5) is 34.1. The minimum absolute atomic E-state index is 0.00101. The zero-order chi connectivity index (χ0) is 21.7. The molecular weight excluding hydrogens is 378 g/mol. The van der Waals surface area contributed by atoms with Crippen LogP contribution in [0.25, 0.3) is 11.0 Å². The van der Waals surface area contributed by atoms with Crippen LogP contribution in [0.1, 0.15) is 40.5 Å². The van der Waals surface area contributed by atoms with E-state index in [1.54, 1.807) is 0 Å². The van der Waals surface area contributed by atoms with Crippen molar-refractivity contribution in [3.63, 3.8) is 0 Å². The Kier molecular flexibility index (Phi) is 7.48. The van der Waals surface area contributed by atoms with Gasteiger partial charge in [0.05, 0.1) is 11.0 Å². The highest BCUT2D eigenvalue weighted by Gasteiger charge is 2.29. The quantitative estimate of drug-likeness (QED) is 0.721. The second kappa shape index (κ2) is 10.1. The van der Waals surface area contributed by atoms with Crippen LogP contribution in [0.3, 0.4) is 0 Å². The van der Waals surface area contributed by atoms with Crippen LogP contribution in [0.2, 0.25) is 0 Å². The summed E-state index contributed by atoms with van der Waals surface area (Å²) in [5, 5.41) is 3.09. The van der Waals surface area contributed by atoms with Gasteiger partial charge in [-0.25, -0.2) is 4.98 Å². The molecule has 2 aromatic rings. The van der Waals surface area contributed by atoms with Gasteiger partial charge in [0.2, 0.25) is 17.8 Å². The lowest BCUT2D eigenvalue weighted by Crippen LogP contribution is -2.43. The van der Waals surface area contributed by atoms with E-state index in [-0.39, 0.29) is 23.7 Å². The number of piperidine rings is 1. The molecule has 1 saturated heterocycles. The highest BCUT2D eigenvalue weighted by atomic mass is 16.2. The third kappa shape index (κ3) is 5.01. The summed E-state index contributed by atoms with van der Waals surface area (Å²) in [7, 11) is 0. The second-order valence-electron chi connectivity index (χ2n) is 8.35. The Morgan fingerprint density at radius 3 is 2.47 bits per heavy atom. The van der Waals surface area contributed by atoms with E-state index in [0.29, 0.717) is 31.9 Å². The third-order valence-corrected chi connectivity index (χ3v) is 6.10. The number of para-hydroxylation sites is 2. The van der Waals surface area contributed by atoms with Crippen molar-refractivity contribution in [2.24, 2.45) is 11.8 Å². The number of anilines is 1. The Morgan fingerprint density at radius 2 is 1.83 bits per heavy atom. The van der Waals surface area contributed by atoms with Gasteiger partial charge in [0.1, 0.15) is 0 Å². The first-order valence-electron chi connectivity index (χ1n) is 11.2. The van der Waals surface area contributed by atoms with Gasteiger partial charge in [0.25, 0.3) is 0 Å². The molecule has 0 aliphatic carbocycles. The molecule has 1 aliphatic rings. The molecule has 0 radical (unpaired) electrons. The fourth-order valence-corrected chi connectivity index (χ4v) is 4.12. The fourth-order valence-electron chi connectivity index (χ4n) is 4.12. The van der Waals surface area contributed by atoms with Gasteiger partial charge < -0.3 is 14.4 Å². The van der Waals surface area contributed by atoms with Crippen LogP contribution in [-0.2, 0) is 16.1 Å². The Labute approximate surface area is 179 Å². The van der Waals surface area contributed by atoms with Gasteiger partial charge in [0, 0.05) is 38.0 Å². The standard InChI is InChI=1S/C23H35N5O2/c1-5-26(6-2)15-16-28-20-10-8-7-9-19(20)24-23(28)25-21(29)18-11-13-27(14-12-18)22(30)17(3)4/h7-10,17-18H,5-6,11-16H2,1-4H3,(H,24,25,29). The maximum absolute atomic E-state index is 13.0. The summed E-state index contributed by atoms with van der Waals surface area (Å²) in [6.45, 7) is 13.1. The number of amides is 2. The molecule has 1 aromatic carbocycles. The average Bonchev–Trinajstić information content (AvgIpc) is 3.11. The minimum Gasteiger partial charge on any atom is -0.342 e. The number of imidazole rings is 1. The molecule has 164 valence electrons. The van der Waals surface area contributed by atoms with Crippen LogP contribution < -0.4 is 5.32 Å². The second-order valence-corrected chi connectivity index (χ2v) is 8.35. The van der Waals surface area contributed by atoms with Crippen molar-refractivity contribution < 1.29 is 9.59 Å². The summed E-state index contributed by atoms with van der Waals surface area (Å²) >= 11 is 0. The van der Waals surface area contributed by atoms with Crippen LogP contribution >= 0.6 is 0 Å². The van der Waals surface area contributed by atoms with Crippen LogP contribution in [0.4, 0.5) is 5.95 Å². The van der Waals surface area contributed by atoms with E-state index >= 15 is 0 Å². The molecule has 7 nitrogen and oxygen atoms in total. The molecule has 0 unspecified atom stereocenters. The lowest BCUT2D eigenvalue weighted by Gasteiger charge is -2.32. The lowest BCUT2D eigenvalue weighted by atomic mass is 9.95. The molecule has 1 N–H and O–H groups in total. The van der Waals surface area contributed by atoms with Gasteiger partial charge in [-0.15, -0.1) is 0 Å². The molecule has 0 atom stereocenters. The van der Waals surface area contributed by atoms with E-state index in [4.69, 9.17) is 4.98 Å². The molecule has 0 spiro atoms. The van der Waals surface area contributed by atoms with Crippen molar-refractivity contribution in [1.82, 2.24) is 19.4 Å². The Balaban J connectivity index is 1.70. The van der Waals surface area contributed by atoms with Gasteiger partial charge in [-0.2, -0.15) is 0 Å². The van der Waals surface area contributed by atoms with Crippen molar-refractivity contribution >= 4 is 28.8 Å². The molecule has 0 saturated carbocycles. The molecule has 7 heteroatoms. The number of carbonyl (C=O) groups excluding carboxylic acids is 2. The number of hydrogen-bond acceptors (Lipinski definition) is 4. The van der Waals surface area contributed by atoms with Crippen molar-refractivity contribution in [3.8, 4) is 0 Å². The Morgan fingerprint density at radius 1 is 1.17 bits per heavy atom. The van der Waals surface area contributed by atoms with Gasteiger partial charge in [-0.3, -0.25) is 14.9 Å². The third-order valence-electron chi connectivity index (χ3n) is 6.10. The molecule has 2 amide bonds. The Bertz CT molecular complexity index is 864. The first-order valence-corrected chi connectivity index (χ1v) is 11.2. The molecule has 1 fully saturated rings. The number of likely N-dealkylation sites (tertiary alicyclic amines) is 1. The van der Waals surface area contributed by atoms with Crippen LogP contribution in [0.5, 0.6) is 0 Å². The topological polar surface area (TPSA) is 70.5 Å². The van der Waals surface area contributed by atoms with E-state index in [1.807, 2.05) is 36.9 Å². The number of fused-ring (bicyclic) bond motifs is 1. The van der Waals surface area contributed by atoms with Crippen molar-refractivity contribution in [2.75, 3.05) is 38.0 Å². The summed E-state index contributed by atoms with van der Waals surface area (Å²) < 4.78 is 2.11. The largest absolute Gasteiger partial charge is 0.342 e. The predicted molar refractivity (Wildman–Crippen MR) is 120 cm³/mol. The summed E-state index contributed by atoms with van der Waals surface area (Å²) in [6.07, 6.45) is 1.40. The van der Waals surface area contributed by atoms with E-state index < -0.39 is 0 Å². The monoisotopic (exact) mass is 413 g/mol. The maximum atomic E-state index is 13.0. The molecule has 2 heterocycles. The van der Waals surface area contributed by atoms with Crippen molar-refractivity contribution in [2.45, 2.75) is 47.1 Å². The SMILES string of the molecule is CCN(CC)CCn1c(NC(=O)C2CCN(C(=O)C(C)C)CC2)nc2ccccc21. The molecule has 30 heavy (non-hydrogen) atoms. The lowest BCUT2D eigenvalue weighted by molar-refractivity contribution is -0.137. The van der Waals surface area contributed by atoms with Crippen LogP contribution in [-0.4, -0.2) is 63.9 Å². The van der Waals surface area contributed by atoms with Crippen LogP contribution in [0.15, 0.2) is 24.3 Å². The predicted octanol–water partition coefficient (Wildman–Crippen LogP) is 3.21. The first kappa shape index (κ1) is 22.3. The smallest absolute Gasteiger partial charge is 0.229 e. The summed E-state index contributed by atoms with van der Waals surface area (Å²) in [5.41, 5.74) is 1.93. The fraction of sp³-hybridized carbons (Fsp3) is 0.609. The number of carbonyl (C=O) groups is 2.